The smallest absolute Gasteiger partial charge is 0.367 e. The molecule has 0 atom stereocenters. The molecule has 0 aliphatic carbocycles. The van der Waals surface area contributed by atoms with Crippen molar-refractivity contribution in [1.82, 2.24) is 4.98 Å². The number of rotatable bonds is 3. The van der Waals surface area contributed by atoms with Gasteiger partial charge >= 0.3 is 5.97 Å². The van der Waals surface area contributed by atoms with E-state index in [0.717, 1.165) is 4.70 Å². The minimum absolute atomic E-state index is 0.353. The van der Waals surface area contributed by atoms with Gasteiger partial charge in [-0.2, -0.15) is 0 Å². The summed E-state index contributed by atoms with van der Waals surface area (Å²) in [5.74, 6) is 0.287. The average molecular weight is 237 g/mol. The summed E-state index contributed by atoms with van der Waals surface area (Å²) in [5.41, 5.74) is 0.707. The van der Waals surface area contributed by atoms with Crippen LogP contribution in [0.25, 0.3) is 10.2 Å². The number of ether oxygens (including phenoxy) is 2. The second kappa shape index (κ2) is 4.49. The first kappa shape index (κ1) is 10.9. The van der Waals surface area contributed by atoms with E-state index >= 15 is 0 Å². The van der Waals surface area contributed by atoms with Gasteiger partial charge < -0.3 is 9.47 Å². The molecule has 0 aliphatic rings. The van der Waals surface area contributed by atoms with E-state index in [0.29, 0.717) is 22.9 Å². The van der Waals surface area contributed by atoms with Crippen LogP contribution in [0.4, 0.5) is 0 Å². The average Bonchev–Trinajstić information content (AvgIpc) is 2.72. The van der Waals surface area contributed by atoms with Gasteiger partial charge in [-0.15, -0.1) is 11.3 Å². The molecule has 2 rings (SSSR count). The third kappa shape index (κ3) is 1.86. The van der Waals surface area contributed by atoms with Crippen molar-refractivity contribution >= 4 is 27.5 Å². The van der Waals surface area contributed by atoms with Gasteiger partial charge in [-0.25, -0.2) is 9.78 Å². The van der Waals surface area contributed by atoms with Crippen LogP contribution in [-0.2, 0) is 4.74 Å². The Bertz CT molecular complexity index is 521. The molecule has 1 heterocycles. The zero-order valence-electron chi connectivity index (χ0n) is 9.02. The number of carbonyl (C=O) groups excluding carboxylic acids is 1. The lowest BCUT2D eigenvalue weighted by molar-refractivity contribution is 0.0526. The Labute approximate surface area is 96.8 Å². The van der Waals surface area contributed by atoms with E-state index in [2.05, 4.69) is 4.98 Å². The third-order valence-corrected chi connectivity index (χ3v) is 3.05. The molecule has 5 heteroatoms. The Kier molecular flexibility index (Phi) is 3.05. The molecule has 0 amide bonds. The Balaban J connectivity index is 2.47. The third-order valence-electron chi connectivity index (χ3n) is 2.05. The number of nitrogens with zero attached hydrogens (tertiary/aromatic N) is 1. The second-order valence-corrected chi connectivity index (χ2v) is 4.08. The van der Waals surface area contributed by atoms with Gasteiger partial charge in [0.05, 0.1) is 18.4 Å². The standard InChI is InChI=1S/C11H11NO3S/c1-3-15-11(13)10-12-9-7(14-2)5-4-6-8(9)16-10/h4-6H,3H2,1-2H3. The molecule has 0 radical (unpaired) electrons. The fourth-order valence-corrected chi connectivity index (χ4v) is 2.25. The Hall–Kier alpha value is -1.62. The molecule has 0 bridgehead atoms. The largest absolute Gasteiger partial charge is 0.494 e. The number of thiazole rings is 1. The SMILES string of the molecule is CCOC(=O)c1nc2c(OC)cccc2s1. The Morgan fingerprint density at radius 2 is 2.31 bits per heavy atom. The summed E-state index contributed by atoms with van der Waals surface area (Å²) in [7, 11) is 1.58. The highest BCUT2D eigenvalue weighted by Gasteiger charge is 2.15. The normalized spacial score (nSPS) is 10.4. The second-order valence-electron chi connectivity index (χ2n) is 3.05. The fraction of sp³-hybridized carbons (Fsp3) is 0.273. The van der Waals surface area contributed by atoms with Crippen LogP contribution in [0.15, 0.2) is 18.2 Å². The summed E-state index contributed by atoms with van der Waals surface area (Å²) in [4.78, 5) is 15.7. The number of carbonyl (C=O) groups is 1. The van der Waals surface area contributed by atoms with Crippen LogP contribution in [0.3, 0.4) is 0 Å². The summed E-state index contributed by atoms with van der Waals surface area (Å²) in [6.07, 6.45) is 0. The van der Waals surface area contributed by atoms with Crippen LogP contribution >= 0.6 is 11.3 Å². The molecular weight excluding hydrogens is 226 g/mol. The molecular formula is C11H11NO3S. The number of hydrogen-bond donors (Lipinski definition) is 0. The Morgan fingerprint density at radius 1 is 1.50 bits per heavy atom. The van der Waals surface area contributed by atoms with Gasteiger partial charge in [-0.3, -0.25) is 0 Å². The summed E-state index contributed by atoms with van der Waals surface area (Å²) >= 11 is 1.31. The van der Waals surface area contributed by atoms with Crippen LogP contribution in [-0.4, -0.2) is 24.7 Å². The van der Waals surface area contributed by atoms with Crippen molar-refractivity contribution in [2.75, 3.05) is 13.7 Å². The summed E-state index contributed by atoms with van der Waals surface area (Å²) < 4.78 is 11.0. The lowest BCUT2D eigenvalue weighted by Gasteiger charge is -1.98. The number of hydrogen-bond acceptors (Lipinski definition) is 5. The zero-order chi connectivity index (χ0) is 11.5. The number of esters is 1. The van der Waals surface area contributed by atoms with Crippen LogP contribution < -0.4 is 4.74 Å². The summed E-state index contributed by atoms with van der Waals surface area (Å²) in [6, 6.07) is 5.59. The van der Waals surface area contributed by atoms with Crippen molar-refractivity contribution in [3.63, 3.8) is 0 Å². The van der Waals surface area contributed by atoms with Gasteiger partial charge in [0.15, 0.2) is 0 Å². The van der Waals surface area contributed by atoms with Crippen molar-refractivity contribution in [1.29, 1.82) is 0 Å². The minimum Gasteiger partial charge on any atom is -0.494 e. The van der Waals surface area contributed by atoms with E-state index in [9.17, 15) is 4.79 Å². The highest BCUT2D eigenvalue weighted by molar-refractivity contribution is 7.20. The topological polar surface area (TPSA) is 48.4 Å². The first-order chi connectivity index (χ1) is 7.76. The zero-order valence-corrected chi connectivity index (χ0v) is 9.84. The molecule has 84 valence electrons. The van der Waals surface area contributed by atoms with E-state index < -0.39 is 0 Å². The summed E-state index contributed by atoms with van der Waals surface area (Å²) in [5, 5.41) is 0.362. The molecule has 0 saturated carbocycles. The van der Waals surface area contributed by atoms with Crippen molar-refractivity contribution in [2.45, 2.75) is 6.92 Å². The molecule has 4 nitrogen and oxygen atoms in total. The lowest BCUT2D eigenvalue weighted by Crippen LogP contribution is -2.03. The first-order valence-electron chi connectivity index (χ1n) is 4.87. The molecule has 0 spiro atoms. The van der Waals surface area contributed by atoms with Crippen LogP contribution in [0.2, 0.25) is 0 Å². The van der Waals surface area contributed by atoms with Crippen molar-refractivity contribution in [3.05, 3.63) is 23.2 Å². The van der Waals surface area contributed by atoms with Gasteiger partial charge in [-0.1, -0.05) is 6.07 Å². The molecule has 1 aromatic carbocycles. The summed E-state index contributed by atoms with van der Waals surface area (Å²) in [6.45, 7) is 2.12. The fourth-order valence-electron chi connectivity index (χ4n) is 1.37. The molecule has 0 saturated heterocycles. The van der Waals surface area contributed by atoms with Crippen LogP contribution in [0, 0.1) is 0 Å². The van der Waals surface area contributed by atoms with Gasteiger partial charge in [-0.05, 0) is 19.1 Å². The van der Waals surface area contributed by atoms with Crippen LogP contribution in [0.5, 0.6) is 5.75 Å². The predicted molar refractivity (Wildman–Crippen MR) is 62.1 cm³/mol. The van der Waals surface area contributed by atoms with E-state index in [1.165, 1.54) is 11.3 Å². The number of methoxy groups -OCH3 is 1. The van der Waals surface area contributed by atoms with Gasteiger partial charge in [0, 0.05) is 0 Å². The van der Waals surface area contributed by atoms with Gasteiger partial charge in [0.25, 0.3) is 0 Å². The molecule has 0 fully saturated rings. The van der Waals surface area contributed by atoms with E-state index in [1.807, 2.05) is 18.2 Å². The van der Waals surface area contributed by atoms with Gasteiger partial charge in [0.1, 0.15) is 11.3 Å². The molecule has 16 heavy (non-hydrogen) atoms. The predicted octanol–water partition coefficient (Wildman–Crippen LogP) is 2.48. The maximum Gasteiger partial charge on any atom is 0.367 e. The number of fused-ring (bicyclic) bond motifs is 1. The van der Waals surface area contributed by atoms with Crippen LogP contribution in [0.1, 0.15) is 16.7 Å². The maximum absolute atomic E-state index is 11.5. The highest BCUT2D eigenvalue weighted by Crippen LogP contribution is 2.29. The van der Waals surface area contributed by atoms with E-state index in [4.69, 9.17) is 9.47 Å². The maximum atomic E-state index is 11.5. The quantitative estimate of drug-likeness (QED) is 0.769. The number of para-hydroxylation sites is 1. The lowest BCUT2D eigenvalue weighted by atomic mass is 10.3. The molecule has 0 aliphatic heterocycles. The molecule has 2 aromatic rings. The number of aromatic nitrogens is 1. The van der Waals surface area contributed by atoms with Crippen molar-refractivity contribution < 1.29 is 14.3 Å². The van der Waals surface area contributed by atoms with Gasteiger partial charge in [0.2, 0.25) is 5.01 Å². The highest BCUT2D eigenvalue weighted by atomic mass is 32.1. The molecule has 0 unspecified atom stereocenters. The van der Waals surface area contributed by atoms with E-state index in [-0.39, 0.29) is 5.97 Å². The molecule has 1 aromatic heterocycles. The Morgan fingerprint density at radius 3 is 3.00 bits per heavy atom. The minimum atomic E-state index is -0.384. The van der Waals surface area contributed by atoms with Crippen molar-refractivity contribution in [3.8, 4) is 5.75 Å². The number of benzene rings is 1. The monoisotopic (exact) mass is 237 g/mol. The first-order valence-corrected chi connectivity index (χ1v) is 5.68. The van der Waals surface area contributed by atoms with Crippen molar-refractivity contribution in [2.24, 2.45) is 0 Å². The molecule has 0 N–H and O–H groups in total. The van der Waals surface area contributed by atoms with E-state index in [1.54, 1.807) is 14.0 Å².